The predicted molar refractivity (Wildman–Crippen MR) is 82.3 cm³/mol. The Labute approximate surface area is 125 Å². The van der Waals surface area contributed by atoms with Crippen molar-refractivity contribution in [1.82, 2.24) is 9.97 Å². The van der Waals surface area contributed by atoms with E-state index in [1.165, 1.54) is 36.7 Å². The monoisotopic (exact) mass is 283 g/mol. The lowest BCUT2D eigenvalue weighted by Gasteiger charge is -2.27. The number of rotatable bonds is 4. The first-order valence-electron chi connectivity index (χ1n) is 7.47. The minimum atomic E-state index is -0.0851. The van der Waals surface area contributed by atoms with Gasteiger partial charge in [0.25, 0.3) is 0 Å². The Morgan fingerprint density at radius 3 is 3.05 bits per heavy atom. The van der Waals surface area contributed by atoms with Crippen molar-refractivity contribution in [1.29, 1.82) is 0 Å². The van der Waals surface area contributed by atoms with Crippen LogP contribution in [-0.4, -0.2) is 17.1 Å². The maximum absolute atomic E-state index is 6.36. The number of benzene rings is 1. The molecule has 0 fully saturated rings. The van der Waals surface area contributed by atoms with E-state index in [9.17, 15) is 0 Å². The number of aryl methyl sites for hydroxylation is 1. The number of ether oxygens (including phenoxy) is 1. The third kappa shape index (κ3) is 3.05. The first-order valence-corrected chi connectivity index (χ1v) is 7.47. The second-order valence-corrected chi connectivity index (χ2v) is 5.62. The Morgan fingerprint density at radius 1 is 1.33 bits per heavy atom. The van der Waals surface area contributed by atoms with Crippen molar-refractivity contribution in [2.45, 2.75) is 37.6 Å². The van der Waals surface area contributed by atoms with Gasteiger partial charge in [-0.25, -0.2) is 9.97 Å². The van der Waals surface area contributed by atoms with E-state index in [0.29, 0.717) is 11.8 Å². The van der Waals surface area contributed by atoms with Gasteiger partial charge in [0.05, 0.1) is 12.8 Å². The SMILES string of the molecule is COc1cc(C(N)CC2CCCc3ccccc32)ncn1. The Balaban J connectivity index is 1.77. The van der Waals surface area contributed by atoms with Gasteiger partial charge in [-0.15, -0.1) is 0 Å². The molecule has 0 bridgehead atoms. The molecule has 1 aromatic carbocycles. The summed E-state index contributed by atoms with van der Waals surface area (Å²) in [7, 11) is 1.61. The van der Waals surface area contributed by atoms with Crippen LogP contribution in [0.4, 0.5) is 0 Å². The molecular weight excluding hydrogens is 262 g/mol. The van der Waals surface area contributed by atoms with Gasteiger partial charge in [0.1, 0.15) is 6.33 Å². The standard InChI is InChI=1S/C17H21N3O/c1-21-17-10-16(19-11-20-17)15(18)9-13-7-4-6-12-5-2-3-8-14(12)13/h2-3,5,8,10-11,13,15H,4,6-7,9,18H2,1H3. The predicted octanol–water partition coefficient (Wildman–Crippen LogP) is 3.00. The largest absolute Gasteiger partial charge is 0.481 e. The highest BCUT2D eigenvalue weighted by Gasteiger charge is 2.23. The quantitative estimate of drug-likeness (QED) is 0.937. The molecule has 2 aromatic rings. The summed E-state index contributed by atoms with van der Waals surface area (Å²) in [6, 6.07) is 10.5. The molecule has 1 aliphatic rings. The zero-order chi connectivity index (χ0) is 14.7. The fraction of sp³-hybridized carbons (Fsp3) is 0.412. The summed E-state index contributed by atoms with van der Waals surface area (Å²) in [5.74, 6) is 1.09. The number of methoxy groups -OCH3 is 1. The molecule has 0 saturated heterocycles. The van der Waals surface area contributed by atoms with Crippen LogP contribution in [0.1, 0.15) is 48.0 Å². The average molecular weight is 283 g/mol. The summed E-state index contributed by atoms with van der Waals surface area (Å²) in [6.07, 6.45) is 6.05. The van der Waals surface area contributed by atoms with Crippen LogP contribution in [0.2, 0.25) is 0 Å². The van der Waals surface area contributed by atoms with E-state index in [0.717, 1.165) is 12.1 Å². The topological polar surface area (TPSA) is 61.0 Å². The Bertz CT molecular complexity index is 614. The van der Waals surface area contributed by atoms with Crippen LogP contribution in [0.3, 0.4) is 0 Å². The van der Waals surface area contributed by atoms with E-state index in [1.54, 1.807) is 7.11 Å². The molecule has 1 aromatic heterocycles. The van der Waals surface area contributed by atoms with Gasteiger partial charge in [0.2, 0.25) is 5.88 Å². The van der Waals surface area contributed by atoms with Crippen LogP contribution < -0.4 is 10.5 Å². The molecule has 1 aliphatic carbocycles. The van der Waals surface area contributed by atoms with Crippen molar-refractivity contribution < 1.29 is 4.74 Å². The fourth-order valence-electron chi connectivity index (χ4n) is 3.19. The summed E-state index contributed by atoms with van der Waals surface area (Å²) in [5.41, 5.74) is 10.1. The third-order valence-electron chi connectivity index (χ3n) is 4.28. The lowest BCUT2D eigenvalue weighted by Crippen LogP contribution is -2.19. The van der Waals surface area contributed by atoms with Crippen LogP contribution >= 0.6 is 0 Å². The van der Waals surface area contributed by atoms with E-state index in [-0.39, 0.29) is 6.04 Å². The van der Waals surface area contributed by atoms with E-state index in [2.05, 4.69) is 34.2 Å². The zero-order valence-electron chi connectivity index (χ0n) is 12.3. The molecule has 0 saturated carbocycles. The minimum absolute atomic E-state index is 0.0851. The van der Waals surface area contributed by atoms with E-state index >= 15 is 0 Å². The maximum Gasteiger partial charge on any atom is 0.216 e. The number of hydrogen-bond donors (Lipinski definition) is 1. The molecule has 0 amide bonds. The van der Waals surface area contributed by atoms with Crippen LogP contribution in [0.15, 0.2) is 36.7 Å². The number of fused-ring (bicyclic) bond motifs is 1. The lowest BCUT2D eigenvalue weighted by atomic mass is 9.79. The van der Waals surface area contributed by atoms with Gasteiger partial charge in [0, 0.05) is 12.1 Å². The van der Waals surface area contributed by atoms with Crippen LogP contribution in [0.25, 0.3) is 0 Å². The van der Waals surface area contributed by atoms with Gasteiger partial charge in [-0.3, -0.25) is 0 Å². The zero-order valence-corrected chi connectivity index (χ0v) is 12.3. The molecule has 0 radical (unpaired) electrons. The second-order valence-electron chi connectivity index (χ2n) is 5.62. The molecule has 1 heterocycles. The summed E-state index contributed by atoms with van der Waals surface area (Å²) >= 11 is 0. The highest BCUT2D eigenvalue weighted by Crippen LogP contribution is 2.36. The van der Waals surface area contributed by atoms with E-state index in [4.69, 9.17) is 10.5 Å². The average Bonchev–Trinajstić information content (AvgIpc) is 2.55. The first kappa shape index (κ1) is 14.0. The lowest BCUT2D eigenvalue weighted by molar-refractivity contribution is 0.393. The highest BCUT2D eigenvalue weighted by atomic mass is 16.5. The molecule has 0 aliphatic heterocycles. The molecule has 2 N–H and O–H groups in total. The van der Waals surface area contributed by atoms with Crippen molar-refractivity contribution in [2.75, 3.05) is 7.11 Å². The second kappa shape index (κ2) is 6.22. The molecule has 21 heavy (non-hydrogen) atoms. The van der Waals surface area contributed by atoms with Crippen molar-refractivity contribution in [3.05, 3.63) is 53.5 Å². The summed E-state index contributed by atoms with van der Waals surface area (Å²) in [5, 5.41) is 0. The van der Waals surface area contributed by atoms with Gasteiger partial charge in [-0.2, -0.15) is 0 Å². The molecule has 110 valence electrons. The molecular formula is C17H21N3O. The highest BCUT2D eigenvalue weighted by molar-refractivity contribution is 5.33. The Morgan fingerprint density at radius 2 is 2.19 bits per heavy atom. The van der Waals surface area contributed by atoms with Gasteiger partial charge >= 0.3 is 0 Å². The third-order valence-corrected chi connectivity index (χ3v) is 4.28. The number of aromatic nitrogens is 2. The van der Waals surface area contributed by atoms with E-state index < -0.39 is 0 Å². The summed E-state index contributed by atoms with van der Waals surface area (Å²) in [6.45, 7) is 0. The smallest absolute Gasteiger partial charge is 0.216 e. The fourth-order valence-corrected chi connectivity index (χ4v) is 3.19. The number of nitrogens with zero attached hydrogens (tertiary/aromatic N) is 2. The van der Waals surface area contributed by atoms with Crippen molar-refractivity contribution in [3.63, 3.8) is 0 Å². The minimum Gasteiger partial charge on any atom is -0.481 e. The molecule has 2 atom stereocenters. The van der Waals surface area contributed by atoms with E-state index in [1.807, 2.05) is 6.07 Å². The number of hydrogen-bond acceptors (Lipinski definition) is 4. The van der Waals surface area contributed by atoms with Gasteiger partial charge in [-0.05, 0) is 42.7 Å². The van der Waals surface area contributed by atoms with Crippen molar-refractivity contribution >= 4 is 0 Å². The Hall–Kier alpha value is -1.94. The first-order chi connectivity index (χ1) is 10.3. The van der Waals surface area contributed by atoms with Crippen LogP contribution in [0.5, 0.6) is 5.88 Å². The molecule has 4 nitrogen and oxygen atoms in total. The molecule has 3 rings (SSSR count). The Kier molecular flexibility index (Phi) is 4.15. The molecule has 4 heteroatoms. The van der Waals surface area contributed by atoms with Crippen LogP contribution in [0, 0.1) is 0 Å². The summed E-state index contributed by atoms with van der Waals surface area (Å²) in [4.78, 5) is 8.33. The van der Waals surface area contributed by atoms with Crippen LogP contribution in [-0.2, 0) is 6.42 Å². The van der Waals surface area contributed by atoms with Crippen molar-refractivity contribution in [2.24, 2.45) is 5.73 Å². The molecule has 2 unspecified atom stereocenters. The maximum atomic E-state index is 6.36. The molecule has 0 spiro atoms. The van der Waals surface area contributed by atoms with Gasteiger partial charge < -0.3 is 10.5 Å². The summed E-state index contributed by atoms with van der Waals surface area (Å²) < 4.78 is 5.14. The number of nitrogens with two attached hydrogens (primary N) is 1. The van der Waals surface area contributed by atoms with Gasteiger partial charge in [-0.1, -0.05) is 24.3 Å². The van der Waals surface area contributed by atoms with Gasteiger partial charge in [0.15, 0.2) is 0 Å². The van der Waals surface area contributed by atoms with Crippen molar-refractivity contribution in [3.8, 4) is 5.88 Å². The normalized spacial score (nSPS) is 18.9.